The van der Waals surface area contributed by atoms with Crippen molar-refractivity contribution in [2.45, 2.75) is 24.9 Å². The van der Waals surface area contributed by atoms with E-state index in [4.69, 9.17) is 5.84 Å². The monoisotopic (exact) mass is 204 g/mol. The van der Waals surface area contributed by atoms with Crippen LogP contribution in [0.15, 0.2) is 24.4 Å². The van der Waals surface area contributed by atoms with Crippen molar-refractivity contribution in [3.8, 4) is 0 Å². The lowest BCUT2D eigenvalue weighted by Gasteiger charge is -2.39. The minimum absolute atomic E-state index is 0.559. The molecule has 2 aliphatic heterocycles. The number of rotatable bonds is 1. The minimum Gasteiger partial charge on any atom is -0.348 e. The standard InChI is InChI=1S/C11H16N4/c12-14-7-9-4-5-10(8-14)15(9)11-3-1-2-6-13-11/h1-3,6,9-10H,4-5,7-8,12H2. The first kappa shape index (κ1) is 9.12. The summed E-state index contributed by atoms with van der Waals surface area (Å²) in [4.78, 5) is 6.88. The Morgan fingerprint density at radius 1 is 1.20 bits per heavy atom. The maximum absolute atomic E-state index is 5.88. The van der Waals surface area contributed by atoms with Gasteiger partial charge in [-0.05, 0) is 25.0 Å². The fraction of sp³-hybridized carbons (Fsp3) is 0.545. The second-order valence-electron chi connectivity index (χ2n) is 4.43. The van der Waals surface area contributed by atoms with Crippen LogP contribution in [-0.4, -0.2) is 35.2 Å². The molecule has 0 aromatic carbocycles. The van der Waals surface area contributed by atoms with Crippen molar-refractivity contribution in [2.75, 3.05) is 18.0 Å². The lowest BCUT2D eigenvalue weighted by atomic mass is 10.2. The lowest BCUT2D eigenvalue weighted by molar-refractivity contribution is 0.224. The molecule has 2 unspecified atom stereocenters. The zero-order valence-electron chi connectivity index (χ0n) is 8.71. The van der Waals surface area contributed by atoms with Gasteiger partial charge in [0.15, 0.2) is 0 Å². The Balaban J connectivity index is 1.89. The highest BCUT2D eigenvalue weighted by Gasteiger charge is 2.39. The summed E-state index contributed by atoms with van der Waals surface area (Å²) in [7, 11) is 0. The number of piperazine rings is 1. The van der Waals surface area contributed by atoms with Gasteiger partial charge >= 0.3 is 0 Å². The smallest absolute Gasteiger partial charge is 0.129 e. The molecule has 80 valence electrons. The van der Waals surface area contributed by atoms with Gasteiger partial charge < -0.3 is 4.90 Å². The second kappa shape index (κ2) is 3.47. The van der Waals surface area contributed by atoms with E-state index in [9.17, 15) is 0 Å². The summed E-state index contributed by atoms with van der Waals surface area (Å²) in [5.74, 6) is 6.99. The Labute approximate surface area is 89.7 Å². The molecule has 2 bridgehead atoms. The highest BCUT2D eigenvalue weighted by Crippen LogP contribution is 2.32. The van der Waals surface area contributed by atoms with E-state index >= 15 is 0 Å². The number of fused-ring (bicyclic) bond motifs is 2. The number of pyridine rings is 1. The molecule has 2 atom stereocenters. The Kier molecular flexibility index (Phi) is 2.11. The van der Waals surface area contributed by atoms with Crippen LogP contribution in [-0.2, 0) is 0 Å². The summed E-state index contributed by atoms with van der Waals surface area (Å²) in [6.07, 6.45) is 4.35. The molecule has 1 aromatic rings. The fourth-order valence-electron chi connectivity index (χ4n) is 2.82. The zero-order chi connectivity index (χ0) is 10.3. The molecule has 0 amide bonds. The van der Waals surface area contributed by atoms with Crippen molar-refractivity contribution in [1.82, 2.24) is 9.99 Å². The summed E-state index contributed by atoms with van der Waals surface area (Å²) in [6.45, 7) is 1.93. The van der Waals surface area contributed by atoms with E-state index in [1.54, 1.807) is 0 Å². The highest BCUT2D eigenvalue weighted by atomic mass is 15.5. The number of hydrogen-bond donors (Lipinski definition) is 1. The topological polar surface area (TPSA) is 45.4 Å². The molecular formula is C11H16N4. The molecule has 2 saturated heterocycles. The van der Waals surface area contributed by atoms with Crippen LogP contribution in [0.5, 0.6) is 0 Å². The van der Waals surface area contributed by atoms with Gasteiger partial charge in [0.25, 0.3) is 0 Å². The van der Waals surface area contributed by atoms with Gasteiger partial charge in [0, 0.05) is 31.4 Å². The van der Waals surface area contributed by atoms with Crippen LogP contribution < -0.4 is 10.7 Å². The molecule has 2 fully saturated rings. The third-order valence-corrected chi connectivity index (χ3v) is 3.42. The van der Waals surface area contributed by atoms with Crippen LogP contribution in [0, 0.1) is 0 Å². The molecule has 1 aromatic heterocycles. The number of nitrogens with zero attached hydrogens (tertiary/aromatic N) is 3. The number of hydrazine groups is 1. The van der Waals surface area contributed by atoms with E-state index in [-0.39, 0.29) is 0 Å². The number of nitrogens with two attached hydrogens (primary N) is 1. The molecule has 3 heterocycles. The van der Waals surface area contributed by atoms with Crippen LogP contribution in [0.1, 0.15) is 12.8 Å². The third kappa shape index (κ3) is 1.50. The summed E-state index contributed by atoms with van der Waals surface area (Å²) in [6, 6.07) is 7.23. The first-order valence-corrected chi connectivity index (χ1v) is 5.53. The Morgan fingerprint density at radius 2 is 1.93 bits per heavy atom. The van der Waals surface area contributed by atoms with Gasteiger partial charge in [-0.3, -0.25) is 5.84 Å². The molecule has 0 spiro atoms. The van der Waals surface area contributed by atoms with Crippen LogP contribution >= 0.6 is 0 Å². The largest absolute Gasteiger partial charge is 0.348 e. The fourth-order valence-corrected chi connectivity index (χ4v) is 2.82. The first-order valence-electron chi connectivity index (χ1n) is 5.53. The predicted octanol–water partition coefficient (Wildman–Crippen LogP) is 0.608. The van der Waals surface area contributed by atoms with Crippen molar-refractivity contribution in [3.05, 3.63) is 24.4 Å². The van der Waals surface area contributed by atoms with Crippen molar-refractivity contribution >= 4 is 5.82 Å². The highest BCUT2D eigenvalue weighted by molar-refractivity contribution is 5.43. The van der Waals surface area contributed by atoms with Crippen LogP contribution in [0.4, 0.5) is 5.82 Å². The molecular weight excluding hydrogens is 188 g/mol. The number of anilines is 1. The molecule has 4 heteroatoms. The van der Waals surface area contributed by atoms with Crippen molar-refractivity contribution < 1.29 is 0 Å². The van der Waals surface area contributed by atoms with Gasteiger partial charge in [-0.2, -0.15) is 0 Å². The van der Waals surface area contributed by atoms with E-state index in [1.165, 1.54) is 12.8 Å². The van der Waals surface area contributed by atoms with Gasteiger partial charge in [-0.15, -0.1) is 0 Å². The Hall–Kier alpha value is -1.13. The van der Waals surface area contributed by atoms with Gasteiger partial charge in [-0.25, -0.2) is 9.99 Å². The van der Waals surface area contributed by atoms with Gasteiger partial charge in [-0.1, -0.05) is 6.07 Å². The van der Waals surface area contributed by atoms with Crippen molar-refractivity contribution in [1.29, 1.82) is 0 Å². The Morgan fingerprint density at radius 3 is 2.53 bits per heavy atom. The van der Waals surface area contributed by atoms with Crippen molar-refractivity contribution in [2.24, 2.45) is 5.84 Å². The molecule has 3 rings (SSSR count). The normalized spacial score (nSPS) is 30.9. The van der Waals surface area contributed by atoms with Crippen LogP contribution in [0.2, 0.25) is 0 Å². The summed E-state index contributed by atoms with van der Waals surface area (Å²) >= 11 is 0. The van der Waals surface area contributed by atoms with Crippen LogP contribution in [0.25, 0.3) is 0 Å². The molecule has 0 saturated carbocycles. The predicted molar refractivity (Wildman–Crippen MR) is 59.3 cm³/mol. The summed E-state index contributed by atoms with van der Waals surface area (Å²) < 4.78 is 0. The van der Waals surface area contributed by atoms with E-state index in [0.717, 1.165) is 18.9 Å². The molecule has 15 heavy (non-hydrogen) atoms. The molecule has 0 radical (unpaired) electrons. The quantitative estimate of drug-likeness (QED) is 0.681. The minimum atomic E-state index is 0.559. The number of aromatic nitrogens is 1. The third-order valence-electron chi connectivity index (χ3n) is 3.42. The molecule has 0 aliphatic carbocycles. The summed E-state index contributed by atoms with van der Waals surface area (Å²) in [5.41, 5.74) is 0. The number of hydrogen-bond acceptors (Lipinski definition) is 4. The van der Waals surface area contributed by atoms with Crippen molar-refractivity contribution in [3.63, 3.8) is 0 Å². The van der Waals surface area contributed by atoms with Gasteiger partial charge in [0.2, 0.25) is 0 Å². The van der Waals surface area contributed by atoms with Crippen LogP contribution in [0.3, 0.4) is 0 Å². The lowest BCUT2D eigenvalue weighted by Crippen LogP contribution is -2.56. The SMILES string of the molecule is NN1CC2CCC(C1)N2c1ccccn1. The average Bonchev–Trinajstić information content (AvgIpc) is 2.53. The van der Waals surface area contributed by atoms with Gasteiger partial charge in [0.1, 0.15) is 5.82 Å². The van der Waals surface area contributed by atoms with E-state index < -0.39 is 0 Å². The Bertz CT molecular complexity index is 326. The van der Waals surface area contributed by atoms with E-state index in [2.05, 4.69) is 22.0 Å². The maximum atomic E-state index is 5.88. The average molecular weight is 204 g/mol. The second-order valence-corrected chi connectivity index (χ2v) is 4.43. The van der Waals surface area contributed by atoms with E-state index in [0.29, 0.717) is 12.1 Å². The first-order chi connectivity index (χ1) is 7.34. The molecule has 2 N–H and O–H groups in total. The van der Waals surface area contributed by atoms with Gasteiger partial charge in [0.05, 0.1) is 0 Å². The molecule has 2 aliphatic rings. The van der Waals surface area contributed by atoms with E-state index in [1.807, 2.05) is 17.3 Å². The maximum Gasteiger partial charge on any atom is 0.129 e. The molecule has 4 nitrogen and oxygen atoms in total. The summed E-state index contributed by atoms with van der Waals surface area (Å²) in [5, 5.41) is 1.95. The zero-order valence-corrected chi connectivity index (χ0v) is 8.71.